The van der Waals surface area contributed by atoms with Crippen molar-refractivity contribution in [3.8, 4) is 5.75 Å². The van der Waals surface area contributed by atoms with E-state index in [0.29, 0.717) is 30.2 Å². The van der Waals surface area contributed by atoms with Crippen molar-refractivity contribution in [2.45, 2.75) is 13.0 Å². The van der Waals surface area contributed by atoms with Gasteiger partial charge in [-0.3, -0.25) is 9.59 Å². The molecule has 0 atom stereocenters. The summed E-state index contributed by atoms with van der Waals surface area (Å²) >= 11 is 1.28. The minimum atomic E-state index is -0.577. The van der Waals surface area contributed by atoms with Crippen LogP contribution in [0.25, 0.3) is 0 Å². The maximum atomic E-state index is 12.3. The van der Waals surface area contributed by atoms with E-state index in [1.807, 2.05) is 0 Å². The number of fused-ring (bicyclic) bond motifs is 1. The predicted molar refractivity (Wildman–Crippen MR) is 82.3 cm³/mol. The summed E-state index contributed by atoms with van der Waals surface area (Å²) in [5.74, 6) is -1.18. The zero-order valence-electron chi connectivity index (χ0n) is 11.6. The van der Waals surface area contributed by atoms with Gasteiger partial charge in [0.25, 0.3) is 11.8 Å². The van der Waals surface area contributed by atoms with E-state index in [0.717, 1.165) is 10.4 Å². The van der Waals surface area contributed by atoms with Crippen molar-refractivity contribution in [2.75, 3.05) is 11.9 Å². The summed E-state index contributed by atoms with van der Waals surface area (Å²) in [5, 5.41) is 12.8. The van der Waals surface area contributed by atoms with E-state index in [4.69, 9.17) is 10.5 Å². The lowest BCUT2D eigenvalue weighted by atomic mass is 10.1. The number of nitrogens with two attached hydrogens (primary N) is 1. The SMILES string of the molecule is NC(=O)c1c(NC(=O)c2ccccc2O)sc2c1CCOC2. The Balaban J connectivity index is 1.95. The number of anilines is 1. The van der Waals surface area contributed by atoms with Crippen molar-refractivity contribution >= 4 is 28.2 Å². The van der Waals surface area contributed by atoms with Crippen LogP contribution in [0.4, 0.5) is 5.00 Å². The summed E-state index contributed by atoms with van der Waals surface area (Å²) in [4.78, 5) is 24.9. The zero-order valence-corrected chi connectivity index (χ0v) is 12.4. The van der Waals surface area contributed by atoms with Crippen molar-refractivity contribution < 1.29 is 19.4 Å². The Hall–Kier alpha value is -2.38. The second-order valence-electron chi connectivity index (χ2n) is 4.85. The number of carbonyl (C=O) groups is 2. The number of hydrogen-bond donors (Lipinski definition) is 3. The fourth-order valence-corrected chi connectivity index (χ4v) is 3.60. The number of phenols is 1. The number of rotatable bonds is 3. The van der Waals surface area contributed by atoms with Gasteiger partial charge in [-0.2, -0.15) is 0 Å². The molecule has 22 heavy (non-hydrogen) atoms. The zero-order chi connectivity index (χ0) is 15.7. The first-order valence-corrected chi connectivity index (χ1v) is 7.51. The molecule has 3 rings (SSSR count). The molecule has 7 heteroatoms. The first-order chi connectivity index (χ1) is 10.6. The van der Waals surface area contributed by atoms with Gasteiger partial charge in [0, 0.05) is 4.88 Å². The van der Waals surface area contributed by atoms with Gasteiger partial charge in [0.15, 0.2) is 0 Å². The monoisotopic (exact) mass is 318 g/mol. The number of phenolic OH excluding ortho intramolecular Hbond substituents is 1. The van der Waals surface area contributed by atoms with Gasteiger partial charge in [-0.25, -0.2) is 0 Å². The fourth-order valence-electron chi connectivity index (χ4n) is 2.42. The molecule has 114 valence electrons. The lowest BCUT2D eigenvalue weighted by Crippen LogP contribution is -2.19. The number of amides is 2. The Morgan fingerprint density at radius 3 is 2.82 bits per heavy atom. The number of nitrogens with one attached hydrogen (secondary N) is 1. The number of thiophene rings is 1. The number of primary amides is 1. The third-order valence-electron chi connectivity index (χ3n) is 3.44. The van der Waals surface area contributed by atoms with Crippen molar-refractivity contribution in [3.63, 3.8) is 0 Å². The average molecular weight is 318 g/mol. The van der Waals surface area contributed by atoms with Crippen LogP contribution in [0.5, 0.6) is 5.75 Å². The summed E-state index contributed by atoms with van der Waals surface area (Å²) in [7, 11) is 0. The van der Waals surface area contributed by atoms with Gasteiger partial charge in [-0.1, -0.05) is 12.1 Å². The van der Waals surface area contributed by atoms with E-state index in [1.54, 1.807) is 12.1 Å². The molecule has 6 nitrogen and oxygen atoms in total. The Kier molecular flexibility index (Phi) is 3.82. The molecule has 1 aliphatic rings. The molecule has 0 unspecified atom stereocenters. The quantitative estimate of drug-likeness (QED) is 0.804. The molecule has 2 amide bonds. The highest BCUT2D eigenvalue weighted by molar-refractivity contribution is 7.17. The summed E-state index contributed by atoms with van der Waals surface area (Å²) in [6.45, 7) is 0.934. The van der Waals surface area contributed by atoms with Crippen LogP contribution < -0.4 is 11.1 Å². The Morgan fingerprint density at radius 2 is 2.09 bits per heavy atom. The minimum Gasteiger partial charge on any atom is -0.507 e. The van der Waals surface area contributed by atoms with Crippen LogP contribution in [-0.4, -0.2) is 23.5 Å². The maximum absolute atomic E-state index is 12.3. The number of ether oxygens (including phenoxy) is 1. The van der Waals surface area contributed by atoms with E-state index in [9.17, 15) is 14.7 Å². The fraction of sp³-hybridized carbons (Fsp3) is 0.200. The largest absolute Gasteiger partial charge is 0.507 e. The highest BCUT2D eigenvalue weighted by Crippen LogP contribution is 2.36. The summed E-state index contributed by atoms with van der Waals surface area (Å²) in [5.41, 5.74) is 6.78. The second kappa shape index (κ2) is 5.78. The van der Waals surface area contributed by atoms with Gasteiger partial charge < -0.3 is 20.9 Å². The molecule has 2 aromatic rings. The number of carbonyl (C=O) groups excluding carboxylic acids is 2. The molecule has 0 fully saturated rings. The van der Waals surface area contributed by atoms with E-state index in [-0.39, 0.29) is 11.3 Å². The second-order valence-corrected chi connectivity index (χ2v) is 5.95. The van der Waals surface area contributed by atoms with Crippen LogP contribution in [0.3, 0.4) is 0 Å². The molecule has 0 saturated heterocycles. The standard InChI is InChI=1S/C15H14N2O4S/c16-13(19)12-9-5-6-21-7-11(9)22-15(12)17-14(20)8-3-1-2-4-10(8)18/h1-4,18H,5-7H2,(H2,16,19)(H,17,20). The topological polar surface area (TPSA) is 102 Å². The minimum absolute atomic E-state index is 0.120. The molecule has 0 radical (unpaired) electrons. The molecule has 0 saturated carbocycles. The highest BCUT2D eigenvalue weighted by atomic mass is 32.1. The van der Waals surface area contributed by atoms with Gasteiger partial charge in [-0.05, 0) is 24.1 Å². The van der Waals surface area contributed by atoms with Crippen LogP contribution >= 0.6 is 11.3 Å². The van der Waals surface area contributed by atoms with Crippen molar-refractivity contribution in [3.05, 3.63) is 45.8 Å². The van der Waals surface area contributed by atoms with Gasteiger partial charge in [-0.15, -0.1) is 11.3 Å². The normalized spacial score (nSPS) is 13.5. The molecule has 0 aliphatic carbocycles. The Bertz CT molecular complexity index is 754. The summed E-state index contributed by atoms with van der Waals surface area (Å²) < 4.78 is 5.36. The number of hydrogen-bond acceptors (Lipinski definition) is 5. The van der Waals surface area contributed by atoms with Gasteiger partial charge in [0.05, 0.1) is 24.3 Å². The van der Waals surface area contributed by atoms with Crippen LogP contribution in [0.15, 0.2) is 24.3 Å². The van der Waals surface area contributed by atoms with Crippen LogP contribution in [-0.2, 0) is 17.8 Å². The number of aromatic hydroxyl groups is 1. The smallest absolute Gasteiger partial charge is 0.260 e. The third kappa shape index (κ3) is 2.56. The summed E-state index contributed by atoms with van der Waals surface area (Å²) in [6, 6.07) is 6.21. The Labute approximate surface area is 130 Å². The number of para-hydroxylation sites is 1. The Morgan fingerprint density at radius 1 is 1.32 bits per heavy atom. The molecule has 0 bridgehead atoms. The van der Waals surface area contributed by atoms with Crippen LogP contribution in [0, 0.1) is 0 Å². The van der Waals surface area contributed by atoms with E-state index in [1.165, 1.54) is 23.5 Å². The van der Waals surface area contributed by atoms with Gasteiger partial charge in [0.2, 0.25) is 0 Å². The first-order valence-electron chi connectivity index (χ1n) is 6.69. The molecule has 4 N–H and O–H groups in total. The summed E-state index contributed by atoms with van der Waals surface area (Å²) in [6.07, 6.45) is 0.594. The molecule has 0 spiro atoms. The molecule has 1 aromatic heterocycles. The van der Waals surface area contributed by atoms with E-state index < -0.39 is 11.8 Å². The molecule has 1 aromatic carbocycles. The van der Waals surface area contributed by atoms with Crippen molar-refractivity contribution in [1.29, 1.82) is 0 Å². The molecule has 1 aliphatic heterocycles. The predicted octanol–water partition coefficient (Wildman–Crippen LogP) is 1.88. The molecular formula is C15H14N2O4S. The van der Waals surface area contributed by atoms with E-state index in [2.05, 4.69) is 5.32 Å². The van der Waals surface area contributed by atoms with Crippen molar-refractivity contribution in [1.82, 2.24) is 0 Å². The van der Waals surface area contributed by atoms with Crippen LogP contribution in [0.2, 0.25) is 0 Å². The lowest BCUT2D eigenvalue weighted by molar-refractivity contribution is 0.0991. The number of benzene rings is 1. The van der Waals surface area contributed by atoms with Gasteiger partial charge >= 0.3 is 0 Å². The maximum Gasteiger partial charge on any atom is 0.260 e. The third-order valence-corrected chi connectivity index (χ3v) is 4.56. The molecule has 2 heterocycles. The highest BCUT2D eigenvalue weighted by Gasteiger charge is 2.25. The average Bonchev–Trinajstić information content (AvgIpc) is 2.85. The van der Waals surface area contributed by atoms with Gasteiger partial charge in [0.1, 0.15) is 10.8 Å². The van der Waals surface area contributed by atoms with Crippen molar-refractivity contribution in [2.24, 2.45) is 5.73 Å². The van der Waals surface area contributed by atoms with Crippen LogP contribution in [0.1, 0.15) is 31.2 Å². The van der Waals surface area contributed by atoms with E-state index >= 15 is 0 Å². The first kappa shape index (κ1) is 14.6. The molecular weight excluding hydrogens is 304 g/mol. The lowest BCUT2D eigenvalue weighted by Gasteiger charge is -2.12.